The van der Waals surface area contributed by atoms with Crippen LogP contribution < -0.4 is 5.32 Å². The highest BCUT2D eigenvalue weighted by Crippen LogP contribution is 2.34. The van der Waals surface area contributed by atoms with Gasteiger partial charge in [0, 0.05) is 31.4 Å². The molecular weight excluding hydrogens is 280 g/mol. The first-order chi connectivity index (χ1) is 10.7. The number of aromatic nitrogens is 1. The molecule has 5 heteroatoms. The van der Waals surface area contributed by atoms with Gasteiger partial charge in [0.1, 0.15) is 5.76 Å². The van der Waals surface area contributed by atoms with Crippen LogP contribution in [0.2, 0.25) is 0 Å². The molecular formula is C17H28N2O3. The minimum absolute atomic E-state index is 0.0792. The van der Waals surface area contributed by atoms with E-state index in [1.165, 1.54) is 5.56 Å². The van der Waals surface area contributed by atoms with E-state index < -0.39 is 0 Å². The monoisotopic (exact) mass is 308 g/mol. The van der Waals surface area contributed by atoms with E-state index in [4.69, 9.17) is 14.0 Å². The molecule has 2 aliphatic heterocycles. The molecule has 0 aliphatic carbocycles. The molecule has 124 valence electrons. The van der Waals surface area contributed by atoms with Crippen molar-refractivity contribution < 1.29 is 14.0 Å². The molecule has 3 heterocycles. The molecule has 1 N–H and O–H groups in total. The van der Waals surface area contributed by atoms with E-state index in [0.29, 0.717) is 6.04 Å². The molecule has 5 nitrogen and oxygen atoms in total. The van der Waals surface area contributed by atoms with Gasteiger partial charge in [-0.25, -0.2) is 0 Å². The molecule has 2 saturated heterocycles. The smallest absolute Gasteiger partial charge is 0.137 e. The zero-order valence-electron chi connectivity index (χ0n) is 13.8. The molecule has 2 aliphatic rings. The van der Waals surface area contributed by atoms with Crippen molar-refractivity contribution in [1.29, 1.82) is 0 Å². The Morgan fingerprint density at radius 2 is 2.05 bits per heavy atom. The lowest BCUT2D eigenvalue weighted by molar-refractivity contribution is -0.140. The van der Waals surface area contributed by atoms with Gasteiger partial charge in [-0.15, -0.1) is 0 Å². The first-order valence-corrected chi connectivity index (χ1v) is 8.55. The van der Waals surface area contributed by atoms with Gasteiger partial charge in [-0.05, 0) is 58.9 Å². The second-order valence-electron chi connectivity index (χ2n) is 6.69. The Balaban J connectivity index is 1.42. The summed E-state index contributed by atoms with van der Waals surface area (Å²) in [6.07, 6.45) is 6.50. The molecule has 2 fully saturated rings. The van der Waals surface area contributed by atoms with Crippen LogP contribution in [0.4, 0.5) is 0 Å². The Morgan fingerprint density at radius 1 is 1.23 bits per heavy atom. The Bertz CT molecular complexity index is 455. The van der Waals surface area contributed by atoms with Crippen LogP contribution in [0.1, 0.15) is 49.1 Å². The number of nitrogens with one attached hydrogen (secondary N) is 1. The van der Waals surface area contributed by atoms with Crippen LogP contribution in [0.3, 0.4) is 0 Å². The van der Waals surface area contributed by atoms with Gasteiger partial charge in [0.25, 0.3) is 0 Å². The van der Waals surface area contributed by atoms with Crippen LogP contribution in [0.5, 0.6) is 0 Å². The van der Waals surface area contributed by atoms with Gasteiger partial charge in [-0.1, -0.05) is 5.16 Å². The Hall–Kier alpha value is -0.910. The minimum atomic E-state index is 0.0792. The first-order valence-electron chi connectivity index (χ1n) is 8.55. The zero-order chi connectivity index (χ0) is 15.4. The summed E-state index contributed by atoms with van der Waals surface area (Å²) >= 11 is 0. The van der Waals surface area contributed by atoms with Crippen molar-refractivity contribution in [3.8, 4) is 0 Å². The van der Waals surface area contributed by atoms with Gasteiger partial charge in [0.2, 0.25) is 0 Å². The Morgan fingerprint density at radius 3 is 2.77 bits per heavy atom. The summed E-state index contributed by atoms with van der Waals surface area (Å²) in [7, 11) is 0. The van der Waals surface area contributed by atoms with E-state index in [1.807, 2.05) is 13.8 Å². The molecule has 0 radical (unpaired) electrons. The lowest BCUT2D eigenvalue weighted by Gasteiger charge is -2.43. The number of hydrogen-bond donors (Lipinski definition) is 1. The third kappa shape index (κ3) is 3.70. The van der Waals surface area contributed by atoms with Crippen LogP contribution in [0, 0.1) is 13.8 Å². The summed E-state index contributed by atoms with van der Waals surface area (Å²) in [5.74, 6) is 0.963. The maximum atomic E-state index is 6.09. The SMILES string of the molecule is Cc1noc(C)c1CCCN[C@H]1CCOC2(CCOCC2)C1. The van der Waals surface area contributed by atoms with E-state index in [0.717, 1.165) is 76.3 Å². The molecule has 22 heavy (non-hydrogen) atoms. The molecule has 0 bridgehead atoms. The van der Waals surface area contributed by atoms with Crippen molar-refractivity contribution >= 4 is 0 Å². The Kier molecular flexibility index (Phi) is 5.16. The predicted octanol–water partition coefficient (Wildman–Crippen LogP) is 2.54. The van der Waals surface area contributed by atoms with E-state index in [9.17, 15) is 0 Å². The fourth-order valence-corrected chi connectivity index (χ4v) is 3.72. The zero-order valence-corrected chi connectivity index (χ0v) is 13.8. The molecule has 0 amide bonds. The van der Waals surface area contributed by atoms with Crippen molar-refractivity contribution in [3.05, 3.63) is 17.0 Å². The minimum Gasteiger partial charge on any atom is -0.381 e. The van der Waals surface area contributed by atoms with Crippen LogP contribution in [0.15, 0.2) is 4.52 Å². The van der Waals surface area contributed by atoms with Crippen LogP contribution in [0.25, 0.3) is 0 Å². The average molecular weight is 308 g/mol. The van der Waals surface area contributed by atoms with Crippen LogP contribution in [-0.2, 0) is 15.9 Å². The van der Waals surface area contributed by atoms with Gasteiger partial charge < -0.3 is 19.3 Å². The summed E-state index contributed by atoms with van der Waals surface area (Å²) < 4.78 is 16.8. The third-order valence-corrected chi connectivity index (χ3v) is 5.11. The normalized spacial score (nSPS) is 24.7. The average Bonchev–Trinajstić information content (AvgIpc) is 2.84. The van der Waals surface area contributed by atoms with E-state index in [2.05, 4.69) is 10.5 Å². The van der Waals surface area contributed by atoms with Gasteiger partial charge in [0.15, 0.2) is 0 Å². The van der Waals surface area contributed by atoms with Crippen molar-refractivity contribution in [3.63, 3.8) is 0 Å². The molecule has 0 saturated carbocycles. The summed E-state index contributed by atoms with van der Waals surface area (Å²) in [5.41, 5.74) is 2.38. The summed E-state index contributed by atoms with van der Waals surface area (Å²) in [5, 5.41) is 7.74. The van der Waals surface area contributed by atoms with Crippen molar-refractivity contribution in [1.82, 2.24) is 10.5 Å². The standard InChI is InChI=1S/C17H28N2O3/c1-13-16(14(2)22-19-13)4-3-8-18-15-5-9-21-17(12-15)6-10-20-11-7-17/h15,18H,3-12H2,1-2H3/t15-/m0/s1. The van der Waals surface area contributed by atoms with E-state index in [-0.39, 0.29) is 5.60 Å². The second-order valence-corrected chi connectivity index (χ2v) is 6.69. The number of hydrogen-bond acceptors (Lipinski definition) is 5. The molecule has 1 aromatic rings. The highest BCUT2D eigenvalue weighted by molar-refractivity contribution is 5.20. The fourth-order valence-electron chi connectivity index (χ4n) is 3.72. The van der Waals surface area contributed by atoms with Gasteiger partial charge in [0.05, 0.1) is 11.3 Å². The fraction of sp³-hybridized carbons (Fsp3) is 0.824. The second kappa shape index (κ2) is 7.11. The highest BCUT2D eigenvalue weighted by atomic mass is 16.5. The predicted molar refractivity (Wildman–Crippen MR) is 84.1 cm³/mol. The van der Waals surface area contributed by atoms with Crippen LogP contribution >= 0.6 is 0 Å². The van der Waals surface area contributed by atoms with Crippen molar-refractivity contribution in [2.24, 2.45) is 0 Å². The van der Waals surface area contributed by atoms with Gasteiger partial charge in [-0.2, -0.15) is 0 Å². The maximum absolute atomic E-state index is 6.09. The lowest BCUT2D eigenvalue weighted by Crippen LogP contribution is -2.50. The lowest BCUT2D eigenvalue weighted by atomic mass is 9.84. The summed E-state index contributed by atoms with van der Waals surface area (Å²) in [6.45, 7) is 7.63. The number of nitrogens with zero attached hydrogens (tertiary/aromatic N) is 1. The topological polar surface area (TPSA) is 56.5 Å². The van der Waals surface area contributed by atoms with Crippen molar-refractivity contribution in [2.75, 3.05) is 26.4 Å². The van der Waals surface area contributed by atoms with E-state index in [1.54, 1.807) is 0 Å². The molecule has 0 aromatic carbocycles. The van der Waals surface area contributed by atoms with Gasteiger partial charge in [-0.3, -0.25) is 0 Å². The number of aryl methyl sites for hydroxylation is 2. The molecule has 3 rings (SSSR count). The number of rotatable bonds is 5. The van der Waals surface area contributed by atoms with E-state index >= 15 is 0 Å². The maximum Gasteiger partial charge on any atom is 0.137 e. The number of ether oxygens (including phenoxy) is 2. The molecule has 1 atom stereocenters. The highest BCUT2D eigenvalue weighted by Gasteiger charge is 2.38. The summed E-state index contributed by atoms with van der Waals surface area (Å²) in [4.78, 5) is 0. The largest absolute Gasteiger partial charge is 0.381 e. The Labute approximate surface area is 132 Å². The van der Waals surface area contributed by atoms with Gasteiger partial charge >= 0.3 is 0 Å². The quantitative estimate of drug-likeness (QED) is 0.847. The van der Waals surface area contributed by atoms with Crippen molar-refractivity contribution in [2.45, 2.75) is 64.0 Å². The molecule has 1 aromatic heterocycles. The van der Waals surface area contributed by atoms with Crippen LogP contribution in [-0.4, -0.2) is 43.2 Å². The molecule has 0 unspecified atom stereocenters. The summed E-state index contributed by atoms with van der Waals surface area (Å²) in [6, 6.07) is 0.580. The first kappa shape index (κ1) is 16.0. The third-order valence-electron chi connectivity index (χ3n) is 5.11. The molecule has 1 spiro atoms.